The molecule has 0 heteroatoms. The predicted octanol–water partition coefficient (Wildman–Crippen LogP) is 39.9. The minimum Gasteiger partial charge on any atom is -0.0622 e. The first-order valence-electron chi connectivity index (χ1n) is 49.1. The van der Waals surface area contributed by atoms with E-state index in [1.807, 2.05) is 0 Å². The van der Waals surface area contributed by atoms with E-state index in [1.54, 1.807) is 0 Å². The third-order valence-electron chi connectivity index (χ3n) is 28.6. The van der Waals surface area contributed by atoms with Gasteiger partial charge in [0.15, 0.2) is 0 Å². The summed E-state index contributed by atoms with van der Waals surface area (Å²) in [5.41, 5.74) is 34.5. The summed E-state index contributed by atoms with van der Waals surface area (Å²) in [5, 5.41) is 25.3. The maximum Gasteiger partial charge on any atom is -0.00259 e. The summed E-state index contributed by atoms with van der Waals surface area (Å²) in [7, 11) is 0. The topological polar surface area (TPSA) is 0 Å². The Kier molecular flexibility index (Phi) is 22.5. The molecule has 0 aliphatic rings. The van der Waals surface area contributed by atoms with Gasteiger partial charge in [0, 0.05) is 0 Å². The summed E-state index contributed by atoms with van der Waals surface area (Å²) < 4.78 is 0. The average Bonchev–Trinajstić information content (AvgIpc) is 0.732. The summed E-state index contributed by atoms with van der Waals surface area (Å²) >= 11 is 0. The van der Waals surface area contributed by atoms with Gasteiger partial charge in [-0.3, -0.25) is 0 Å². The van der Waals surface area contributed by atoms with Gasteiger partial charge in [0.1, 0.15) is 0 Å². The highest BCUT2D eigenvalue weighted by Crippen LogP contribution is 2.51. The van der Waals surface area contributed by atoms with Gasteiger partial charge in [-0.1, -0.05) is 497 Å². The van der Waals surface area contributed by atoms with Crippen LogP contribution in [0.2, 0.25) is 0 Å². The van der Waals surface area contributed by atoms with E-state index in [2.05, 4.69) is 570 Å². The second-order valence-corrected chi connectivity index (χ2v) is 37.1. The SMILES string of the molecule is c1cc(-c2ccc3ccccc3c2)cc(-c2c3ccccc3c(-c3cccc(-c4ccc5ccccc5c4)c3)c3ccccc23)c1.c1ccc(-c2cc(-c3ccccc3)cc(-c3c4ccccc4c(-c4cc(-c5ccccc5)cc(-c5ccccc5)c4)c4ccccc34)c2)cc1.c1ccc2cc(-c3ccc(-c4c5ccccc5c(-c5ccc(-c6ccc7ccccc7c6)cc5)c5ccccc45)cc3)ccc2c1. The lowest BCUT2D eigenvalue weighted by molar-refractivity contribution is 1.57. The fraction of sp³-hybridized carbons (Fsp3) is 0. The molecule has 0 atom stereocenters. The molecule has 662 valence electrons. The van der Waals surface area contributed by atoms with E-state index in [4.69, 9.17) is 0 Å². The van der Waals surface area contributed by atoms with Gasteiger partial charge in [-0.15, -0.1) is 0 Å². The molecule has 0 aliphatic heterocycles. The molecule has 0 heterocycles. The Hall–Kier alpha value is -18.5. The lowest BCUT2D eigenvalue weighted by atomic mass is 9.83. The summed E-state index contributed by atoms with van der Waals surface area (Å²) in [6.07, 6.45) is 0. The Labute approximate surface area is 827 Å². The van der Waals surface area contributed by atoms with Gasteiger partial charge >= 0.3 is 0 Å². The lowest BCUT2D eigenvalue weighted by Crippen LogP contribution is -1.93. The minimum absolute atomic E-state index is 1.21. The van der Waals surface area contributed by atoms with E-state index in [9.17, 15) is 0 Å². The molecule has 27 aromatic carbocycles. The minimum atomic E-state index is 1.21. The van der Waals surface area contributed by atoms with Crippen molar-refractivity contribution in [2.24, 2.45) is 0 Å². The largest absolute Gasteiger partial charge is 0.0622 e. The van der Waals surface area contributed by atoms with Crippen molar-refractivity contribution < 1.29 is 0 Å². The van der Waals surface area contributed by atoms with E-state index in [-0.39, 0.29) is 0 Å². The Morgan fingerprint density at radius 3 is 0.444 bits per heavy atom. The van der Waals surface area contributed by atoms with Crippen molar-refractivity contribution in [3.8, 4) is 156 Å². The molecular weight excluding hydrogens is 1710 g/mol. The van der Waals surface area contributed by atoms with E-state index >= 15 is 0 Å². The molecule has 27 rings (SSSR count). The van der Waals surface area contributed by atoms with E-state index in [0.717, 1.165) is 0 Å². The van der Waals surface area contributed by atoms with Crippen LogP contribution in [0.25, 0.3) is 264 Å². The number of rotatable bonds is 14. The van der Waals surface area contributed by atoms with Crippen molar-refractivity contribution in [2.75, 3.05) is 0 Å². The molecular formula is C142H94. The van der Waals surface area contributed by atoms with Crippen LogP contribution in [0.4, 0.5) is 0 Å². The van der Waals surface area contributed by atoms with Crippen LogP contribution in [0, 0.1) is 0 Å². The number of hydrogen-bond acceptors (Lipinski definition) is 0. The third-order valence-corrected chi connectivity index (χ3v) is 28.6. The molecule has 0 N–H and O–H groups in total. The van der Waals surface area contributed by atoms with Crippen LogP contribution in [-0.2, 0) is 0 Å². The maximum absolute atomic E-state index is 2.37. The monoisotopic (exact) mass is 1800 g/mol. The summed E-state index contributed by atoms with van der Waals surface area (Å²) in [6.45, 7) is 0. The van der Waals surface area contributed by atoms with Gasteiger partial charge in [-0.05, 0) is 336 Å². The molecule has 27 aromatic rings. The maximum atomic E-state index is 2.37. The Balaban J connectivity index is 0.000000112. The van der Waals surface area contributed by atoms with Gasteiger partial charge in [0.05, 0.1) is 0 Å². The summed E-state index contributed by atoms with van der Waals surface area (Å²) in [6, 6.07) is 208. The first-order chi connectivity index (χ1) is 70.4. The molecule has 142 heavy (non-hydrogen) atoms. The molecule has 0 bridgehead atoms. The molecule has 0 aromatic heterocycles. The Morgan fingerprint density at radius 2 is 0.204 bits per heavy atom. The van der Waals surface area contributed by atoms with Crippen LogP contribution in [0.15, 0.2) is 570 Å². The normalized spacial score (nSPS) is 11.4. The number of benzene rings is 27. The van der Waals surface area contributed by atoms with Crippen molar-refractivity contribution in [1.82, 2.24) is 0 Å². The van der Waals surface area contributed by atoms with Crippen LogP contribution < -0.4 is 0 Å². The van der Waals surface area contributed by atoms with Crippen molar-refractivity contribution >= 4 is 108 Å². The predicted molar refractivity (Wildman–Crippen MR) is 610 cm³/mol. The van der Waals surface area contributed by atoms with Gasteiger partial charge in [0.2, 0.25) is 0 Å². The fourth-order valence-corrected chi connectivity index (χ4v) is 21.8. The summed E-state index contributed by atoms with van der Waals surface area (Å²) in [5.74, 6) is 0. The van der Waals surface area contributed by atoms with Crippen LogP contribution in [0.5, 0.6) is 0 Å². The Morgan fingerprint density at radius 1 is 0.0634 bits per heavy atom. The molecule has 0 unspecified atom stereocenters. The quantitative estimate of drug-likeness (QED) is 0.0952. The highest BCUT2D eigenvalue weighted by atomic mass is 14.3. The highest BCUT2D eigenvalue weighted by Gasteiger charge is 2.24. The molecule has 0 amide bonds. The molecule has 0 nitrogen and oxygen atoms in total. The highest BCUT2D eigenvalue weighted by molar-refractivity contribution is 6.25. The second-order valence-electron chi connectivity index (χ2n) is 37.1. The van der Waals surface area contributed by atoms with Crippen LogP contribution in [0.3, 0.4) is 0 Å². The van der Waals surface area contributed by atoms with Crippen molar-refractivity contribution in [3.05, 3.63) is 570 Å². The molecule has 0 aliphatic carbocycles. The van der Waals surface area contributed by atoms with Crippen LogP contribution in [0.1, 0.15) is 0 Å². The van der Waals surface area contributed by atoms with Crippen molar-refractivity contribution in [2.45, 2.75) is 0 Å². The first kappa shape index (κ1) is 85.2. The lowest BCUT2D eigenvalue weighted by Gasteiger charge is -2.20. The molecule has 0 spiro atoms. The van der Waals surface area contributed by atoms with Crippen molar-refractivity contribution in [3.63, 3.8) is 0 Å². The first-order valence-corrected chi connectivity index (χ1v) is 49.1. The average molecular weight is 1800 g/mol. The zero-order chi connectivity index (χ0) is 94.2. The van der Waals surface area contributed by atoms with Gasteiger partial charge < -0.3 is 0 Å². The molecule has 0 radical (unpaired) electrons. The van der Waals surface area contributed by atoms with Gasteiger partial charge in [-0.2, -0.15) is 0 Å². The van der Waals surface area contributed by atoms with Gasteiger partial charge in [0.25, 0.3) is 0 Å². The second kappa shape index (κ2) is 37.6. The fourth-order valence-electron chi connectivity index (χ4n) is 21.8. The van der Waals surface area contributed by atoms with E-state index in [1.165, 1.54) is 264 Å². The number of hydrogen-bond donors (Lipinski definition) is 0. The molecule has 0 saturated heterocycles. The van der Waals surface area contributed by atoms with E-state index in [0.29, 0.717) is 0 Å². The third kappa shape index (κ3) is 16.5. The van der Waals surface area contributed by atoms with Crippen LogP contribution in [-0.4, -0.2) is 0 Å². The standard InChI is InChI=1S/C50H34.2C46H30/c1-5-17-35(18-6-1)39-29-40(36-19-7-2-8-20-36)32-43(31-39)49-45-25-13-15-27-47(45)50(48-28-16-14-26-46(48)49)44-33-41(37-21-9-3-10-22-37)30-42(34-44)38-23-11-4-12-24-38;1-3-13-33-27-37(25-23-31(33)11-1)35-15-9-17-39(29-35)45-41-19-5-7-21-43(41)46(44-22-8-6-20-42(44)45)40-18-10-16-36(30-40)38-26-24-32-12-2-4-14-34(32)28-38;1-3-11-37-29-39(27-21-31(37)9-1)33-17-23-35(24-18-33)45-41-13-5-7-15-43(41)46(44-16-8-6-14-42(44)45)36-25-19-34(20-26-36)40-28-22-32-10-2-4-12-38(32)30-40/h1-34H;2*1-30H. The zero-order valence-corrected chi connectivity index (χ0v) is 78.3. The van der Waals surface area contributed by atoms with E-state index < -0.39 is 0 Å². The number of fused-ring (bicyclic) bond motifs is 10. The van der Waals surface area contributed by atoms with Crippen LogP contribution >= 0.6 is 0 Å². The smallest absolute Gasteiger partial charge is 0.00259 e. The molecule has 0 fully saturated rings. The molecule has 0 saturated carbocycles. The van der Waals surface area contributed by atoms with Gasteiger partial charge in [-0.25, -0.2) is 0 Å². The van der Waals surface area contributed by atoms with Crippen molar-refractivity contribution in [1.29, 1.82) is 0 Å². The Bertz CT molecular complexity index is 8650. The zero-order valence-electron chi connectivity index (χ0n) is 78.3. The summed E-state index contributed by atoms with van der Waals surface area (Å²) in [4.78, 5) is 0.